The van der Waals surface area contributed by atoms with Crippen molar-refractivity contribution >= 4 is 35.0 Å². The zero-order valence-corrected chi connectivity index (χ0v) is 14.7. The Morgan fingerprint density at radius 1 is 1.08 bits per heavy atom. The number of rotatable bonds is 3. The van der Waals surface area contributed by atoms with Gasteiger partial charge >= 0.3 is 6.03 Å². The lowest BCUT2D eigenvalue weighted by atomic mass is 9.92. The molecule has 0 bridgehead atoms. The fourth-order valence-electron chi connectivity index (χ4n) is 2.61. The largest absolute Gasteiger partial charge is 0.344 e. The molecule has 3 amide bonds. The van der Waals surface area contributed by atoms with Gasteiger partial charge in [0.05, 0.1) is 0 Å². The SMILES string of the molecule is Cc1ccc(NC(=S)NN2C(=O)N[C@@](C)(c3ccccc3)C2=O)cc1. The second-order valence-corrected chi connectivity index (χ2v) is 6.40. The molecule has 1 saturated heterocycles. The van der Waals surface area contributed by atoms with Gasteiger partial charge in [-0.3, -0.25) is 10.2 Å². The number of amides is 3. The molecule has 6 nitrogen and oxygen atoms in total. The minimum Gasteiger partial charge on any atom is -0.331 e. The zero-order valence-electron chi connectivity index (χ0n) is 13.9. The molecule has 1 aliphatic rings. The Balaban J connectivity index is 1.72. The van der Waals surface area contributed by atoms with Crippen molar-refractivity contribution in [1.82, 2.24) is 15.8 Å². The summed E-state index contributed by atoms with van der Waals surface area (Å²) in [6, 6.07) is 16.1. The van der Waals surface area contributed by atoms with Gasteiger partial charge in [0.1, 0.15) is 5.54 Å². The number of nitrogens with one attached hydrogen (secondary N) is 3. The van der Waals surface area contributed by atoms with Crippen LogP contribution in [0.3, 0.4) is 0 Å². The van der Waals surface area contributed by atoms with Gasteiger partial charge in [0, 0.05) is 5.69 Å². The van der Waals surface area contributed by atoms with Crippen LogP contribution < -0.4 is 16.1 Å². The molecule has 1 fully saturated rings. The maximum absolute atomic E-state index is 12.8. The van der Waals surface area contributed by atoms with Crippen molar-refractivity contribution in [2.45, 2.75) is 19.4 Å². The number of carbonyl (C=O) groups excluding carboxylic acids is 2. The molecule has 3 rings (SSSR count). The number of imide groups is 1. The van der Waals surface area contributed by atoms with Crippen molar-refractivity contribution in [2.24, 2.45) is 0 Å². The number of aryl methyl sites for hydroxylation is 1. The van der Waals surface area contributed by atoms with Crippen LogP contribution in [0.25, 0.3) is 0 Å². The van der Waals surface area contributed by atoms with E-state index in [0.717, 1.165) is 16.3 Å². The second kappa shape index (κ2) is 6.52. The molecule has 1 atom stereocenters. The molecular formula is C18H18N4O2S. The lowest BCUT2D eigenvalue weighted by Gasteiger charge is -2.22. The van der Waals surface area contributed by atoms with E-state index in [1.807, 2.05) is 49.4 Å². The van der Waals surface area contributed by atoms with Gasteiger partial charge in [0.15, 0.2) is 5.11 Å². The maximum Gasteiger partial charge on any atom is 0.344 e. The Kier molecular flexibility index (Phi) is 4.41. The zero-order chi connectivity index (χ0) is 18.0. The van der Waals surface area contributed by atoms with Crippen LogP contribution in [-0.2, 0) is 10.3 Å². The molecule has 2 aromatic rings. The van der Waals surface area contributed by atoms with Gasteiger partial charge in [0.25, 0.3) is 5.91 Å². The van der Waals surface area contributed by atoms with Crippen LogP contribution in [0.1, 0.15) is 18.1 Å². The molecule has 0 aliphatic carbocycles. The van der Waals surface area contributed by atoms with Gasteiger partial charge in [-0.15, -0.1) is 0 Å². The summed E-state index contributed by atoms with van der Waals surface area (Å²) >= 11 is 5.21. The number of urea groups is 1. The summed E-state index contributed by atoms with van der Waals surface area (Å²) in [6.45, 7) is 3.65. The predicted octanol–water partition coefficient (Wildman–Crippen LogP) is 2.66. The van der Waals surface area contributed by atoms with Crippen LogP contribution in [0.5, 0.6) is 0 Å². The molecule has 25 heavy (non-hydrogen) atoms. The Labute approximate surface area is 151 Å². The molecule has 0 radical (unpaired) electrons. The molecule has 2 aromatic carbocycles. The molecule has 1 aliphatic heterocycles. The summed E-state index contributed by atoms with van der Waals surface area (Å²) in [4.78, 5) is 25.0. The number of nitrogens with zero attached hydrogens (tertiary/aromatic N) is 1. The Hall–Kier alpha value is -2.93. The van der Waals surface area contributed by atoms with E-state index in [9.17, 15) is 9.59 Å². The minimum absolute atomic E-state index is 0.157. The van der Waals surface area contributed by atoms with E-state index in [0.29, 0.717) is 5.56 Å². The van der Waals surface area contributed by atoms with Crippen molar-refractivity contribution in [3.05, 3.63) is 65.7 Å². The number of carbonyl (C=O) groups is 2. The van der Waals surface area contributed by atoms with Crippen molar-refractivity contribution in [3.8, 4) is 0 Å². The number of hydrogen-bond donors (Lipinski definition) is 3. The van der Waals surface area contributed by atoms with Gasteiger partial charge < -0.3 is 10.6 Å². The highest BCUT2D eigenvalue weighted by atomic mass is 32.1. The fourth-order valence-corrected chi connectivity index (χ4v) is 2.81. The third kappa shape index (κ3) is 3.32. The van der Waals surface area contributed by atoms with Crippen LogP contribution in [0.15, 0.2) is 54.6 Å². The van der Waals surface area contributed by atoms with E-state index in [1.165, 1.54) is 0 Å². The van der Waals surface area contributed by atoms with E-state index in [4.69, 9.17) is 12.2 Å². The van der Waals surface area contributed by atoms with Crippen LogP contribution in [-0.4, -0.2) is 22.1 Å². The minimum atomic E-state index is -1.13. The van der Waals surface area contributed by atoms with E-state index in [2.05, 4.69) is 16.1 Å². The number of anilines is 1. The Bertz CT molecular complexity index is 823. The van der Waals surface area contributed by atoms with Crippen LogP contribution in [0.4, 0.5) is 10.5 Å². The molecule has 3 N–H and O–H groups in total. The fraction of sp³-hybridized carbons (Fsp3) is 0.167. The van der Waals surface area contributed by atoms with Crippen LogP contribution >= 0.6 is 12.2 Å². The average molecular weight is 354 g/mol. The summed E-state index contributed by atoms with van der Waals surface area (Å²) in [5.41, 5.74) is 4.12. The number of hydrazine groups is 1. The average Bonchev–Trinajstić information content (AvgIpc) is 2.82. The standard InChI is InChI=1S/C18H18N4O2S/c1-12-8-10-14(11-9-12)19-16(25)21-22-15(23)18(2,20-17(22)24)13-6-4-3-5-7-13/h3-11H,1-2H3,(H,20,24)(H2,19,21,25)/t18-/m0/s1. The monoisotopic (exact) mass is 354 g/mol. The first kappa shape index (κ1) is 16.9. The van der Waals surface area contributed by atoms with Crippen molar-refractivity contribution in [1.29, 1.82) is 0 Å². The van der Waals surface area contributed by atoms with E-state index < -0.39 is 17.5 Å². The van der Waals surface area contributed by atoms with Gasteiger partial charge in [-0.2, -0.15) is 5.01 Å². The highest BCUT2D eigenvalue weighted by Crippen LogP contribution is 2.27. The number of hydrogen-bond acceptors (Lipinski definition) is 3. The highest BCUT2D eigenvalue weighted by molar-refractivity contribution is 7.80. The predicted molar refractivity (Wildman–Crippen MR) is 99.7 cm³/mol. The first-order valence-electron chi connectivity index (χ1n) is 7.77. The first-order valence-corrected chi connectivity index (χ1v) is 8.17. The molecule has 0 unspecified atom stereocenters. The van der Waals surface area contributed by atoms with Crippen molar-refractivity contribution in [2.75, 3.05) is 5.32 Å². The van der Waals surface area contributed by atoms with E-state index in [1.54, 1.807) is 19.1 Å². The van der Waals surface area contributed by atoms with E-state index >= 15 is 0 Å². The van der Waals surface area contributed by atoms with Crippen molar-refractivity contribution < 1.29 is 9.59 Å². The molecular weight excluding hydrogens is 336 g/mol. The van der Waals surface area contributed by atoms with Crippen LogP contribution in [0.2, 0.25) is 0 Å². The molecule has 7 heteroatoms. The Morgan fingerprint density at radius 2 is 1.72 bits per heavy atom. The lowest BCUT2D eigenvalue weighted by Crippen LogP contribution is -2.49. The lowest BCUT2D eigenvalue weighted by molar-refractivity contribution is -0.132. The third-order valence-corrected chi connectivity index (χ3v) is 4.26. The molecule has 0 saturated carbocycles. The number of thiocarbonyl (C=S) groups is 1. The summed E-state index contributed by atoms with van der Waals surface area (Å²) in [7, 11) is 0. The Morgan fingerprint density at radius 3 is 2.36 bits per heavy atom. The molecule has 0 aromatic heterocycles. The maximum atomic E-state index is 12.8. The third-order valence-electron chi connectivity index (χ3n) is 4.06. The van der Waals surface area contributed by atoms with Crippen LogP contribution in [0, 0.1) is 6.92 Å². The number of benzene rings is 2. The summed E-state index contributed by atoms with van der Waals surface area (Å²) in [5, 5.41) is 6.72. The topological polar surface area (TPSA) is 73.5 Å². The normalized spacial score (nSPS) is 19.5. The van der Waals surface area contributed by atoms with Crippen molar-refractivity contribution in [3.63, 3.8) is 0 Å². The van der Waals surface area contributed by atoms with Gasteiger partial charge in [-0.05, 0) is 43.8 Å². The second-order valence-electron chi connectivity index (χ2n) is 5.99. The molecule has 0 spiro atoms. The highest BCUT2D eigenvalue weighted by Gasteiger charge is 2.49. The van der Waals surface area contributed by atoms with Gasteiger partial charge in [0.2, 0.25) is 0 Å². The smallest absolute Gasteiger partial charge is 0.331 e. The molecule has 1 heterocycles. The molecule has 128 valence electrons. The summed E-state index contributed by atoms with van der Waals surface area (Å²) in [6.07, 6.45) is 0. The van der Waals surface area contributed by atoms with E-state index in [-0.39, 0.29) is 5.11 Å². The first-order chi connectivity index (χ1) is 11.9. The summed E-state index contributed by atoms with van der Waals surface area (Å²) < 4.78 is 0. The quantitative estimate of drug-likeness (QED) is 0.584. The summed E-state index contributed by atoms with van der Waals surface area (Å²) in [5.74, 6) is -0.420. The van der Waals surface area contributed by atoms with Gasteiger partial charge in [-0.1, -0.05) is 48.0 Å². The van der Waals surface area contributed by atoms with Gasteiger partial charge in [-0.25, -0.2) is 4.79 Å².